The summed E-state index contributed by atoms with van der Waals surface area (Å²) < 4.78 is 6.30. The third-order valence-corrected chi connectivity index (χ3v) is 4.63. The Hall–Kier alpha value is -0.780. The molecule has 1 N–H and O–H groups in total. The summed E-state index contributed by atoms with van der Waals surface area (Å²) in [6, 6.07) is 6.18. The molecule has 1 unspecified atom stereocenters. The highest BCUT2D eigenvalue weighted by molar-refractivity contribution is 9.10. The van der Waals surface area contributed by atoms with Crippen molar-refractivity contribution in [2.45, 2.75) is 45.4 Å². The molecule has 1 fully saturated rings. The van der Waals surface area contributed by atoms with E-state index in [1.165, 1.54) is 0 Å². The molecule has 2 rings (SSSR count). The molecule has 0 aromatic heterocycles. The lowest BCUT2D eigenvalue weighted by Gasteiger charge is -2.24. The molecule has 6 heteroatoms. The van der Waals surface area contributed by atoms with E-state index < -0.39 is 5.60 Å². The molecule has 1 heterocycles. The number of carbonyl (C=O) groups is 1. The van der Waals surface area contributed by atoms with E-state index in [0.717, 1.165) is 29.5 Å². The van der Waals surface area contributed by atoms with Crippen molar-refractivity contribution in [1.29, 1.82) is 0 Å². The van der Waals surface area contributed by atoms with E-state index in [-0.39, 0.29) is 6.09 Å². The topological polar surface area (TPSA) is 41.6 Å². The van der Waals surface area contributed by atoms with Crippen LogP contribution in [0, 0.1) is 0 Å². The smallest absolute Gasteiger partial charge is 0.410 e. The molecule has 1 atom stereocenters. The lowest BCUT2D eigenvalue weighted by atomic mass is 10.2. The second kappa shape index (κ2) is 7.20. The highest BCUT2D eigenvalue weighted by Gasteiger charge is 2.29. The predicted octanol–water partition coefficient (Wildman–Crippen LogP) is 4.20. The fourth-order valence-electron chi connectivity index (χ4n) is 2.33. The second-order valence-electron chi connectivity index (χ2n) is 6.54. The number of nitrogens with zero attached hydrogens (tertiary/aromatic N) is 1. The first-order valence-electron chi connectivity index (χ1n) is 7.40. The van der Waals surface area contributed by atoms with Crippen LogP contribution in [0.15, 0.2) is 22.7 Å². The number of halogens is 2. The maximum Gasteiger partial charge on any atom is 0.410 e. The lowest BCUT2D eigenvalue weighted by molar-refractivity contribution is 0.0291. The quantitative estimate of drug-likeness (QED) is 0.842. The van der Waals surface area contributed by atoms with Gasteiger partial charge < -0.3 is 15.0 Å². The summed E-state index contributed by atoms with van der Waals surface area (Å²) in [5, 5.41) is 4.19. The Morgan fingerprint density at radius 1 is 1.50 bits per heavy atom. The van der Waals surface area contributed by atoms with Crippen LogP contribution in [0.3, 0.4) is 0 Å². The fourth-order valence-corrected chi connectivity index (χ4v) is 2.87. The Kier molecular flexibility index (Phi) is 5.75. The minimum atomic E-state index is -0.446. The van der Waals surface area contributed by atoms with Crippen LogP contribution in [0.5, 0.6) is 0 Å². The van der Waals surface area contributed by atoms with Gasteiger partial charge >= 0.3 is 6.09 Å². The van der Waals surface area contributed by atoms with Gasteiger partial charge in [0.2, 0.25) is 0 Å². The molecule has 122 valence electrons. The maximum absolute atomic E-state index is 12.0. The van der Waals surface area contributed by atoms with Crippen molar-refractivity contribution < 1.29 is 9.53 Å². The third kappa shape index (κ3) is 5.14. The van der Waals surface area contributed by atoms with Crippen molar-refractivity contribution in [3.63, 3.8) is 0 Å². The minimum Gasteiger partial charge on any atom is -0.444 e. The normalized spacial score (nSPS) is 18.6. The molecule has 1 aromatic carbocycles. The van der Waals surface area contributed by atoms with Crippen molar-refractivity contribution in [2.75, 3.05) is 13.1 Å². The van der Waals surface area contributed by atoms with Crippen LogP contribution in [0.4, 0.5) is 4.79 Å². The molecule has 22 heavy (non-hydrogen) atoms. The molecule has 0 spiro atoms. The van der Waals surface area contributed by atoms with Crippen molar-refractivity contribution in [2.24, 2.45) is 0 Å². The monoisotopic (exact) mass is 388 g/mol. The van der Waals surface area contributed by atoms with E-state index in [0.29, 0.717) is 17.6 Å². The van der Waals surface area contributed by atoms with E-state index in [4.69, 9.17) is 16.3 Å². The lowest BCUT2D eigenvalue weighted by Crippen LogP contribution is -2.38. The van der Waals surface area contributed by atoms with Crippen LogP contribution in [0.2, 0.25) is 5.02 Å². The zero-order valence-corrected chi connectivity index (χ0v) is 15.5. The Balaban J connectivity index is 1.81. The Morgan fingerprint density at radius 2 is 2.23 bits per heavy atom. The van der Waals surface area contributed by atoms with Gasteiger partial charge in [0.25, 0.3) is 0 Å². The van der Waals surface area contributed by atoms with Crippen LogP contribution in [-0.2, 0) is 11.3 Å². The number of ether oxygens (including phenoxy) is 1. The Bertz CT molecular complexity index is 545. The van der Waals surface area contributed by atoms with Crippen LogP contribution in [0.25, 0.3) is 0 Å². The molecule has 1 aliphatic heterocycles. The van der Waals surface area contributed by atoms with Gasteiger partial charge in [0.1, 0.15) is 5.60 Å². The van der Waals surface area contributed by atoms with Gasteiger partial charge in [-0.1, -0.05) is 17.7 Å². The highest BCUT2D eigenvalue weighted by Crippen LogP contribution is 2.23. The van der Waals surface area contributed by atoms with Gasteiger partial charge in [-0.2, -0.15) is 0 Å². The average molecular weight is 390 g/mol. The number of nitrogens with one attached hydrogen (secondary N) is 1. The van der Waals surface area contributed by atoms with Crippen LogP contribution in [0.1, 0.15) is 32.8 Å². The second-order valence-corrected chi connectivity index (χ2v) is 7.80. The molecule has 0 bridgehead atoms. The summed E-state index contributed by atoms with van der Waals surface area (Å²) in [6.45, 7) is 7.82. The number of hydrogen-bond donors (Lipinski definition) is 1. The zero-order chi connectivity index (χ0) is 16.3. The van der Waals surface area contributed by atoms with Crippen molar-refractivity contribution in [3.8, 4) is 0 Å². The summed E-state index contributed by atoms with van der Waals surface area (Å²) in [5.41, 5.74) is 0.713. The first kappa shape index (κ1) is 17.6. The number of amides is 1. The Labute approximate surface area is 145 Å². The standard InChI is InChI=1S/C16H22BrClN2O2/c1-16(2,3)22-15(21)20-7-6-12(10-20)19-9-11-4-5-14(18)13(17)8-11/h4-5,8,12,19H,6-7,9-10H2,1-3H3. The minimum absolute atomic E-state index is 0.231. The van der Waals surface area contributed by atoms with E-state index in [1.54, 1.807) is 4.90 Å². The predicted molar refractivity (Wildman–Crippen MR) is 92.2 cm³/mol. The third-order valence-electron chi connectivity index (χ3n) is 3.42. The SMILES string of the molecule is CC(C)(C)OC(=O)N1CCC(NCc2ccc(Cl)c(Br)c2)C1. The van der Waals surface area contributed by atoms with E-state index in [1.807, 2.05) is 39.0 Å². The molecule has 1 amide bonds. The van der Waals surface area contributed by atoms with Crippen LogP contribution in [-0.4, -0.2) is 35.7 Å². The molecular formula is C16H22BrClN2O2. The van der Waals surface area contributed by atoms with Gasteiger partial charge in [0.05, 0.1) is 5.02 Å². The van der Waals surface area contributed by atoms with Crippen LogP contribution < -0.4 is 5.32 Å². The number of carbonyl (C=O) groups excluding carboxylic acids is 1. The first-order valence-corrected chi connectivity index (χ1v) is 8.57. The molecule has 1 aromatic rings. The van der Waals surface area contributed by atoms with Gasteiger partial charge in [-0.05, 0) is 60.8 Å². The maximum atomic E-state index is 12.0. The summed E-state index contributed by atoms with van der Waals surface area (Å²) in [5.74, 6) is 0. The number of benzene rings is 1. The summed E-state index contributed by atoms with van der Waals surface area (Å²) in [4.78, 5) is 13.8. The fraction of sp³-hybridized carbons (Fsp3) is 0.562. The average Bonchev–Trinajstić information content (AvgIpc) is 2.87. The van der Waals surface area contributed by atoms with E-state index in [9.17, 15) is 4.79 Å². The van der Waals surface area contributed by atoms with Crippen molar-refractivity contribution in [1.82, 2.24) is 10.2 Å². The van der Waals surface area contributed by atoms with Gasteiger partial charge in [-0.15, -0.1) is 0 Å². The molecule has 0 radical (unpaired) electrons. The number of rotatable bonds is 3. The molecule has 4 nitrogen and oxygen atoms in total. The zero-order valence-electron chi connectivity index (χ0n) is 13.2. The van der Waals surface area contributed by atoms with E-state index >= 15 is 0 Å². The molecular weight excluding hydrogens is 368 g/mol. The Morgan fingerprint density at radius 3 is 2.86 bits per heavy atom. The first-order chi connectivity index (χ1) is 10.2. The largest absolute Gasteiger partial charge is 0.444 e. The molecule has 1 aliphatic rings. The van der Waals surface area contributed by atoms with Gasteiger partial charge in [-0.3, -0.25) is 0 Å². The van der Waals surface area contributed by atoms with Gasteiger partial charge in [-0.25, -0.2) is 4.79 Å². The summed E-state index contributed by atoms with van der Waals surface area (Å²) in [7, 11) is 0. The van der Waals surface area contributed by atoms with Crippen LogP contribution >= 0.6 is 27.5 Å². The van der Waals surface area contributed by atoms with Gasteiger partial charge in [0, 0.05) is 30.1 Å². The highest BCUT2D eigenvalue weighted by atomic mass is 79.9. The molecule has 1 saturated heterocycles. The molecule has 0 aliphatic carbocycles. The van der Waals surface area contributed by atoms with Crippen molar-refractivity contribution in [3.05, 3.63) is 33.3 Å². The van der Waals surface area contributed by atoms with E-state index in [2.05, 4.69) is 21.2 Å². The molecule has 0 saturated carbocycles. The number of hydrogen-bond acceptors (Lipinski definition) is 3. The number of likely N-dealkylation sites (tertiary alicyclic amines) is 1. The van der Waals surface area contributed by atoms with Crippen molar-refractivity contribution >= 4 is 33.6 Å². The summed E-state index contributed by atoms with van der Waals surface area (Å²) >= 11 is 9.42. The van der Waals surface area contributed by atoms with Gasteiger partial charge in [0.15, 0.2) is 0 Å². The summed E-state index contributed by atoms with van der Waals surface area (Å²) in [6.07, 6.45) is 0.708.